The second kappa shape index (κ2) is 6.13. The van der Waals surface area contributed by atoms with Crippen LogP contribution in [0.3, 0.4) is 0 Å². The molecule has 0 aliphatic rings. The number of amidine groups is 1. The highest BCUT2D eigenvalue weighted by Gasteiger charge is 2.11. The van der Waals surface area contributed by atoms with E-state index in [9.17, 15) is 8.42 Å². The molecule has 2 aromatic carbocycles. The van der Waals surface area contributed by atoms with Crippen molar-refractivity contribution >= 4 is 43.5 Å². The molecule has 0 radical (unpaired) electrons. The molecule has 0 bridgehead atoms. The van der Waals surface area contributed by atoms with Crippen LogP contribution in [0.1, 0.15) is 0 Å². The average molecular weight is 321 g/mol. The molecule has 21 heavy (non-hydrogen) atoms. The fourth-order valence-corrected chi connectivity index (χ4v) is 2.62. The Morgan fingerprint density at radius 2 is 2.14 bits per heavy atom. The fourth-order valence-electron chi connectivity index (χ4n) is 1.78. The maximum atomic E-state index is 11.2. The second-order valence-electron chi connectivity index (χ2n) is 3.99. The van der Waals surface area contributed by atoms with Crippen LogP contribution in [0.2, 0.25) is 0 Å². The molecule has 2 rings (SSSR count). The number of hydrogen-bond acceptors (Lipinski definition) is 5. The number of aliphatic imine (C=N–C) groups is 1. The number of hydrogen-bond donors (Lipinski definition) is 2. The van der Waals surface area contributed by atoms with E-state index in [0.29, 0.717) is 16.2 Å². The molecule has 108 valence electrons. The minimum Gasteiger partial charge on any atom is -0.282 e. The monoisotopic (exact) mass is 321 g/mol. The Morgan fingerprint density at radius 1 is 1.38 bits per heavy atom. The second-order valence-corrected chi connectivity index (χ2v) is 6.21. The third kappa shape index (κ3) is 3.52. The lowest BCUT2D eigenvalue weighted by molar-refractivity contribution is 0.483. The van der Waals surface area contributed by atoms with Crippen LogP contribution in [0.25, 0.3) is 10.8 Å². The normalized spacial score (nSPS) is 12.1. The van der Waals surface area contributed by atoms with Crippen molar-refractivity contribution in [1.82, 2.24) is 5.32 Å². The van der Waals surface area contributed by atoms with Crippen molar-refractivity contribution in [2.45, 2.75) is 4.90 Å². The lowest BCUT2D eigenvalue weighted by atomic mass is 10.1. The molecule has 0 unspecified atom stereocenters. The van der Waals surface area contributed by atoms with Crippen molar-refractivity contribution < 1.29 is 13.0 Å². The highest BCUT2D eigenvalue weighted by atomic mass is 32.2. The largest absolute Gasteiger partial charge is 0.294 e. The zero-order valence-electron chi connectivity index (χ0n) is 10.9. The summed E-state index contributed by atoms with van der Waals surface area (Å²) in [6, 6.07) is 9.55. The van der Waals surface area contributed by atoms with Gasteiger partial charge in [0.1, 0.15) is 0 Å². The minimum atomic E-state index is -4.28. The molecular formula is C13H11N3O3S2. The summed E-state index contributed by atoms with van der Waals surface area (Å²) in [6.07, 6.45) is 3.55. The number of thioether (sulfide) groups is 1. The maximum absolute atomic E-state index is 11.2. The molecule has 0 amide bonds. The van der Waals surface area contributed by atoms with Crippen molar-refractivity contribution in [3.63, 3.8) is 0 Å². The molecule has 2 N–H and O–H groups in total. The average Bonchev–Trinajstić information content (AvgIpc) is 2.45. The first kappa shape index (κ1) is 15.3. The number of nitrogens with one attached hydrogen (secondary N) is 1. The van der Waals surface area contributed by atoms with Gasteiger partial charge in [0.05, 0.1) is 10.6 Å². The number of nitrogens with zero attached hydrogens (tertiary/aromatic N) is 2. The van der Waals surface area contributed by atoms with E-state index >= 15 is 0 Å². The van der Waals surface area contributed by atoms with Crippen LogP contribution in [0.4, 0.5) is 5.69 Å². The van der Waals surface area contributed by atoms with Gasteiger partial charge in [0.15, 0.2) is 11.4 Å². The number of fused-ring (bicyclic) bond motifs is 1. The Morgan fingerprint density at radius 3 is 2.76 bits per heavy atom. The zero-order chi connectivity index (χ0) is 15.5. The maximum Gasteiger partial charge on any atom is 0.294 e. The van der Waals surface area contributed by atoms with E-state index in [2.05, 4.69) is 10.3 Å². The van der Waals surface area contributed by atoms with E-state index in [1.54, 1.807) is 36.7 Å². The van der Waals surface area contributed by atoms with E-state index in [4.69, 9.17) is 9.81 Å². The molecule has 0 saturated carbocycles. The molecule has 0 saturated heterocycles. The fraction of sp³-hybridized carbons (Fsp3) is 0.0769. The van der Waals surface area contributed by atoms with Gasteiger partial charge in [0.25, 0.3) is 10.1 Å². The van der Waals surface area contributed by atoms with Gasteiger partial charge in [-0.25, -0.2) is 4.99 Å². The van der Waals surface area contributed by atoms with Gasteiger partial charge in [0.2, 0.25) is 0 Å². The molecule has 8 heteroatoms. The summed E-state index contributed by atoms with van der Waals surface area (Å²) in [5.74, 6) is 0. The quantitative estimate of drug-likeness (QED) is 0.290. The van der Waals surface area contributed by atoms with Crippen molar-refractivity contribution in [2.24, 2.45) is 4.99 Å². The summed E-state index contributed by atoms with van der Waals surface area (Å²) in [6.45, 7) is 0. The predicted molar refractivity (Wildman–Crippen MR) is 83.1 cm³/mol. The van der Waals surface area contributed by atoms with Gasteiger partial charge in [-0.05, 0) is 29.8 Å². The van der Waals surface area contributed by atoms with Crippen molar-refractivity contribution in [2.75, 3.05) is 6.26 Å². The molecule has 6 nitrogen and oxygen atoms in total. The molecule has 0 aliphatic heterocycles. The Balaban J connectivity index is 2.67. The van der Waals surface area contributed by atoms with E-state index in [1.165, 1.54) is 23.9 Å². The van der Waals surface area contributed by atoms with Crippen LogP contribution >= 0.6 is 11.8 Å². The van der Waals surface area contributed by atoms with Gasteiger partial charge < -0.3 is 0 Å². The van der Waals surface area contributed by atoms with Crippen molar-refractivity contribution in [3.05, 3.63) is 36.4 Å². The third-order valence-electron chi connectivity index (χ3n) is 2.71. The summed E-state index contributed by atoms with van der Waals surface area (Å²) >= 11 is 1.26. The molecule has 0 spiro atoms. The summed E-state index contributed by atoms with van der Waals surface area (Å²) < 4.78 is 31.6. The SMILES string of the molecule is CSC(=Nc1cccc2ccc(S(=O)(=O)O)cc12)NC#N. The first-order valence-corrected chi connectivity index (χ1v) is 8.40. The van der Waals surface area contributed by atoms with Crippen LogP contribution < -0.4 is 5.32 Å². The Bertz CT molecular complexity index is 855. The number of benzene rings is 2. The smallest absolute Gasteiger partial charge is 0.282 e. The summed E-state index contributed by atoms with van der Waals surface area (Å²) in [5.41, 5.74) is 0.505. The molecule has 2 aromatic rings. The lowest BCUT2D eigenvalue weighted by Crippen LogP contribution is -2.12. The molecule has 0 aliphatic carbocycles. The highest BCUT2D eigenvalue weighted by Crippen LogP contribution is 2.29. The Kier molecular flexibility index (Phi) is 4.47. The highest BCUT2D eigenvalue weighted by molar-refractivity contribution is 8.13. The van der Waals surface area contributed by atoms with Crippen molar-refractivity contribution in [1.29, 1.82) is 5.26 Å². The molecule has 0 aromatic heterocycles. The third-order valence-corrected chi connectivity index (χ3v) is 4.14. The topological polar surface area (TPSA) is 103 Å². The first-order chi connectivity index (χ1) is 9.95. The number of nitriles is 1. The van der Waals surface area contributed by atoms with Crippen LogP contribution in [-0.4, -0.2) is 24.4 Å². The van der Waals surface area contributed by atoms with Gasteiger partial charge in [-0.1, -0.05) is 30.0 Å². The molecular weight excluding hydrogens is 310 g/mol. The van der Waals surface area contributed by atoms with Crippen LogP contribution in [0.15, 0.2) is 46.3 Å². The Hall–Kier alpha value is -2.08. The van der Waals surface area contributed by atoms with Crippen LogP contribution in [0, 0.1) is 11.5 Å². The Labute approximate surface area is 126 Å². The van der Waals surface area contributed by atoms with Gasteiger partial charge in [-0.3, -0.25) is 9.87 Å². The number of rotatable bonds is 2. The summed E-state index contributed by atoms with van der Waals surface area (Å²) in [5, 5.41) is 12.8. The van der Waals surface area contributed by atoms with Gasteiger partial charge >= 0.3 is 0 Å². The van der Waals surface area contributed by atoms with E-state index in [-0.39, 0.29) is 4.90 Å². The van der Waals surface area contributed by atoms with Gasteiger partial charge in [-0.2, -0.15) is 13.7 Å². The van der Waals surface area contributed by atoms with Crippen LogP contribution in [0.5, 0.6) is 0 Å². The van der Waals surface area contributed by atoms with Crippen LogP contribution in [-0.2, 0) is 10.1 Å². The summed E-state index contributed by atoms with van der Waals surface area (Å²) in [7, 11) is -4.28. The molecule has 0 atom stereocenters. The van der Waals surface area contributed by atoms with Gasteiger partial charge in [0, 0.05) is 5.39 Å². The molecule has 0 heterocycles. The summed E-state index contributed by atoms with van der Waals surface area (Å²) in [4.78, 5) is 4.09. The van der Waals surface area contributed by atoms with Gasteiger partial charge in [-0.15, -0.1) is 0 Å². The van der Waals surface area contributed by atoms with Crippen molar-refractivity contribution in [3.8, 4) is 6.19 Å². The first-order valence-electron chi connectivity index (χ1n) is 5.74. The molecule has 0 fully saturated rings. The van der Waals surface area contributed by atoms with E-state index < -0.39 is 10.1 Å². The minimum absolute atomic E-state index is 0.198. The predicted octanol–water partition coefficient (Wildman–Crippen LogP) is 2.51. The zero-order valence-corrected chi connectivity index (χ0v) is 12.6. The standard InChI is InChI=1S/C13H11N3O3S2/c1-20-13(15-8-14)16-12-4-2-3-9-5-6-10(7-11(9)12)21(17,18)19/h2-7H,1H3,(H,15,16)(H,17,18,19). The van der Waals surface area contributed by atoms with E-state index in [0.717, 1.165) is 5.39 Å². The lowest BCUT2D eigenvalue weighted by Gasteiger charge is -2.06. The van der Waals surface area contributed by atoms with E-state index in [1.807, 2.05) is 0 Å².